The van der Waals surface area contributed by atoms with Gasteiger partial charge in [0, 0.05) is 69.7 Å². The van der Waals surface area contributed by atoms with Gasteiger partial charge in [0.1, 0.15) is 11.2 Å². The summed E-state index contributed by atoms with van der Waals surface area (Å²) in [6.45, 7) is 0. The molecule has 0 spiro atoms. The number of nitrogens with zero attached hydrogens (tertiary/aromatic N) is 4. The fraction of sp³-hybridized carbons (Fsp3) is 0. The SMILES string of the molecule is [2H]c1c([2H])c(-c2cccc3c2oc2ccccc23)c([2H])c([2H])c1-c1nc(-c2ccccc2)nc(-c2cc(-n3c4ccccc4c4ccccc43)cc3c2sc2ccc(-c4ccccc4)cc23)n1. The Morgan fingerprint density at radius 2 is 1.02 bits per heavy atom. The van der Waals surface area contributed by atoms with Gasteiger partial charge < -0.3 is 8.98 Å². The van der Waals surface area contributed by atoms with E-state index in [1.807, 2.05) is 72.8 Å². The smallest absolute Gasteiger partial charge is 0.165 e. The van der Waals surface area contributed by atoms with Crippen LogP contribution in [0.15, 0.2) is 211 Å². The highest BCUT2D eigenvalue weighted by Crippen LogP contribution is 2.44. The van der Waals surface area contributed by atoms with Gasteiger partial charge in [0.05, 0.1) is 16.5 Å². The van der Waals surface area contributed by atoms with Gasteiger partial charge in [0.15, 0.2) is 17.5 Å². The van der Waals surface area contributed by atoms with Crippen molar-refractivity contribution in [1.29, 1.82) is 0 Å². The van der Waals surface area contributed by atoms with Crippen molar-refractivity contribution in [1.82, 2.24) is 19.5 Å². The number of hydrogen-bond donors (Lipinski definition) is 0. The molecule has 13 aromatic rings. The van der Waals surface area contributed by atoms with E-state index in [0.29, 0.717) is 28.4 Å². The highest BCUT2D eigenvalue weighted by atomic mass is 32.1. The van der Waals surface area contributed by atoms with Crippen molar-refractivity contribution >= 4 is 75.3 Å². The van der Waals surface area contributed by atoms with Crippen LogP contribution in [0.1, 0.15) is 5.48 Å². The van der Waals surface area contributed by atoms with E-state index < -0.39 is 0 Å². The molecule has 9 aromatic carbocycles. The lowest BCUT2D eigenvalue weighted by atomic mass is 10.0. The molecule has 6 heteroatoms. The molecule has 4 heterocycles. The molecule has 0 radical (unpaired) electrons. The maximum Gasteiger partial charge on any atom is 0.165 e. The van der Waals surface area contributed by atoms with Gasteiger partial charge >= 0.3 is 0 Å². The second-order valence-corrected chi connectivity index (χ2v) is 16.7. The van der Waals surface area contributed by atoms with E-state index in [1.54, 1.807) is 17.4 Å². The summed E-state index contributed by atoms with van der Waals surface area (Å²) >= 11 is 1.66. The molecular weight excluding hydrogens is 789 g/mol. The zero-order valence-corrected chi connectivity index (χ0v) is 34.2. The molecule has 0 N–H and O–H groups in total. The molecular formula is C57H34N4OS. The molecule has 0 saturated carbocycles. The third kappa shape index (κ3) is 5.80. The second-order valence-electron chi connectivity index (χ2n) is 15.6. The first-order valence-corrected chi connectivity index (χ1v) is 21.6. The summed E-state index contributed by atoms with van der Waals surface area (Å²) in [7, 11) is 0. The van der Waals surface area contributed by atoms with Gasteiger partial charge in [-0.05, 0) is 59.2 Å². The van der Waals surface area contributed by atoms with Crippen LogP contribution < -0.4 is 0 Å². The lowest BCUT2D eigenvalue weighted by molar-refractivity contribution is 0.670. The van der Waals surface area contributed by atoms with Gasteiger partial charge in [-0.3, -0.25) is 0 Å². The minimum absolute atomic E-state index is 0.0185. The lowest BCUT2D eigenvalue weighted by Gasteiger charge is -2.13. The predicted molar refractivity (Wildman–Crippen MR) is 262 cm³/mol. The van der Waals surface area contributed by atoms with Gasteiger partial charge in [-0.25, -0.2) is 15.0 Å². The van der Waals surface area contributed by atoms with Crippen molar-refractivity contribution in [3.05, 3.63) is 206 Å². The summed E-state index contributed by atoms with van der Waals surface area (Å²) in [4.78, 5) is 15.3. The summed E-state index contributed by atoms with van der Waals surface area (Å²) in [5, 5.41) is 6.14. The van der Waals surface area contributed by atoms with E-state index >= 15 is 0 Å². The lowest BCUT2D eigenvalue weighted by Crippen LogP contribution is -2.01. The number of benzene rings is 9. The van der Waals surface area contributed by atoms with Gasteiger partial charge in [0.25, 0.3) is 0 Å². The maximum atomic E-state index is 9.58. The zero-order chi connectivity index (χ0) is 44.9. The van der Waals surface area contributed by atoms with Crippen molar-refractivity contribution in [3.63, 3.8) is 0 Å². The second kappa shape index (κ2) is 14.2. The molecule has 63 heavy (non-hydrogen) atoms. The van der Waals surface area contributed by atoms with E-state index in [9.17, 15) is 5.48 Å². The van der Waals surface area contributed by atoms with Crippen LogP contribution in [0.3, 0.4) is 0 Å². The van der Waals surface area contributed by atoms with Crippen molar-refractivity contribution in [2.45, 2.75) is 0 Å². The average Bonchev–Trinajstić information content (AvgIpc) is 4.06. The van der Waals surface area contributed by atoms with E-state index in [1.165, 1.54) is 0 Å². The van der Waals surface area contributed by atoms with Crippen LogP contribution in [-0.2, 0) is 0 Å². The Morgan fingerprint density at radius 1 is 0.413 bits per heavy atom. The molecule has 0 amide bonds. The van der Waals surface area contributed by atoms with Crippen LogP contribution in [0.5, 0.6) is 0 Å². The molecule has 0 atom stereocenters. The van der Waals surface area contributed by atoms with Crippen LogP contribution >= 0.6 is 11.3 Å². The van der Waals surface area contributed by atoms with E-state index in [4.69, 9.17) is 19.4 Å². The number of aromatic nitrogens is 4. The van der Waals surface area contributed by atoms with Gasteiger partial charge in [-0.1, -0.05) is 164 Å². The van der Waals surface area contributed by atoms with Crippen molar-refractivity contribution in [3.8, 4) is 62.1 Å². The number of hydrogen-bond acceptors (Lipinski definition) is 5. The van der Waals surface area contributed by atoms with Crippen molar-refractivity contribution < 1.29 is 9.90 Å². The fourth-order valence-electron chi connectivity index (χ4n) is 9.00. The molecule has 0 aliphatic carbocycles. The number of fused-ring (bicyclic) bond motifs is 9. The molecule has 0 aliphatic rings. The van der Waals surface area contributed by atoms with E-state index in [0.717, 1.165) is 80.7 Å². The molecule has 0 aliphatic heterocycles. The Balaban J connectivity index is 1.09. The third-order valence-corrected chi connectivity index (χ3v) is 13.2. The summed E-state index contributed by atoms with van der Waals surface area (Å²) in [5.41, 5.74) is 8.50. The average molecular weight is 827 g/mol. The first-order chi connectivity index (χ1) is 32.9. The van der Waals surface area contributed by atoms with Crippen molar-refractivity contribution in [2.24, 2.45) is 0 Å². The van der Waals surface area contributed by atoms with Gasteiger partial charge in [-0.2, -0.15) is 0 Å². The molecule has 0 unspecified atom stereocenters. The van der Waals surface area contributed by atoms with Gasteiger partial charge in [0.2, 0.25) is 0 Å². The van der Waals surface area contributed by atoms with Crippen LogP contribution in [0.4, 0.5) is 0 Å². The quantitative estimate of drug-likeness (QED) is 0.168. The molecule has 0 fully saturated rings. The number of furan rings is 1. The van der Waals surface area contributed by atoms with Crippen LogP contribution in [0.25, 0.3) is 126 Å². The number of para-hydroxylation sites is 4. The molecule has 294 valence electrons. The van der Waals surface area contributed by atoms with Crippen LogP contribution in [0, 0.1) is 0 Å². The number of thiophene rings is 1. The van der Waals surface area contributed by atoms with E-state index in [-0.39, 0.29) is 41.1 Å². The molecule has 5 nitrogen and oxygen atoms in total. The molecule has 0 bridgehead atoms. The molecule has 4 aromatic heterocycles. The van der Waals surface area contributed by atoms with Crippen LogP contribution in [-0.4, -0.2) is 19.5 Å². The summed E-state index contributed by atoms with van der Waals surface area (Å²) in [5.74, 6) is 0.730. The van der Waals surface area contributed by atoms with Gasteiger partial charge in [-0.15, -0.1) is 11.3 Å². The first kappa shape index (κ1) is 31.7. The van der Waals surface area contributed by atoms with E-state index in [2.05, 4.69) is 108 Å². The third-order valence-electron chi connectivity index (χ3n) is 11.9. The summed E-state index contributed by atoms with van der Waals surface area (Å²) < 4.78 is 48.8. The predicted octanol–water partition coefficient (Wildman–Crippen LogP) is 15.6. The van der Waals surface area contributed by atoms with Crippen molar-refractivity contribution in [2.75, 3.05) is 0 Å². The molecule has 13 rings (SSSR count). The number of rotatable bonds is 6. The summed E-state index contributed by atoms with van der Waals surface area (Å²) in [6.07, 6.45) is 0. The topological polar surface area (TPSA) is 56.7 Å². The Kier molecular flexibility index (Phi) is 7.13. The molecule has 0 saturated heterocycles. The Hall–Kier alpha value is -8.19. The minimum atomic E-state index is -0.264. The zero-order valence-electron chi connectivity index (χ0n) is 37.4. The minimum Gasteiger partial charge on any atom is -0.455 e. The Bertz CT molecular complexity index is 4080. The highest BCUT2D eigenvalue weighted by Gasteiger charge is 2.21. The Labute approximate surface area is 371 Å². The maximum absolute atomic E-state index is 9.58. The monoisotopic (exact) mass is 826 g/mol. The first-order valence-electron chi connectivity index (χ1n) is 22.8. The normalized spacial score (nSPS) is 12.7. The van der Waals surface area contributed by atoms with Crippen LogP contribution in [0.2, 0.25) is 0 Å². The highest BCUT2D eigenvalue weighted by molar-refractivity contribution is 7.26. The standard InChI is InChI=1S/C57H34N4OS/c1-3-14-35(15-4-1)39-30-31-52-46(32-39)47-33-40(61-49-23-10-7-18-42(49)43-19-8-11-24-50(43)61)34-48(54(47)63-52)57-59-55(37-16-5-2-6-17-37)58-56(60-57)38-28-26-36(27-29-38)41-21-13-22-45-44-20-9-12-25-51(44)62-53(41)45/h1-34H/i26D,27D,28D,29D. The summed E-state index contributed by atoms with van der Waals surface area (Å²) in [6, 6.07) is 60.2. The fourth-order valence-corrected chi connectivity index (χ4v) is 10.2. The largest absolute Gasteiger partial charge is 0.455 e. The Morgan fingerprint density at radius 3 is 1.76 bits per heavy atom.